The number of hydrogen-bond acceptors (Lipinski definition) is 2. The van der Waals surface area contributed by atoms with Crippen LogP contribution in [0.5, 0.6) is 0 Å². The second-order valence-corrected chi connectivity index (χ2v) is 6.06. The summed E-state index contributed by atoms with van der Waals surface area (Å²) in [6, 6.07) is 10.9. The van der Waals surface area contributed by atoms with E-state index < -0.39 is 0 Å². The highest BCUT2D eigenvalue weighted by atomic mass is 15.2. The number of hydrazine groups is 1. The van der Waals surface area contributed by atoms with Crippen LogP contribution in [0.15, 0.2) is 30.3 Å². The zero-order valence-corrected chi connectivity index (χ0v) is 11.5. The van der Waals surface area contributed by atoms with E-state index in [1.807, 2.05) is 6.07 Å². The van der Waals surface area contributed by atoms with E-state index in [2.05, 4.69) is 57.4 Å². The first-order valence-corrected chi connectivity index (χ1v) is 6.43. The lowest BCUT2D eigenvalue weighted by Gasteiger charge is -2.30. The van der Waals surface area contributed by atoms with Gasteiger partial charge in [-0.1, -0.05) is 58.0 Å². The van der Waals surface area contributed by atoms with Crippen molar-refractivity contribution < 1.29 is 0 Å². The van der Waals surface area contributed by atoms with Crippen LogP contribution < -0.4 is 11.3 Å². The minimum atomic E-state index is 0.339. The fourth-order valence-corrected chi connectivity index (χ4v) is 1.89. The highest BCUT2D eigenvalue weighted by molar-refractivity contribution is 5.15. The van der Waals surface area contributed by atoms with Crippen LogP contribution in [0.3, 0.4) is 0 Å². The smallest absolute Gasteiger partial charge is 0.0253 e. The van der Waals surface area contributed by atoms with Crippen LogP contribution in [0.25, 0.3) is 0 Å². The molecule has 0 aliphatic carbocycles. The Bertz CT molecular complexity index is 313. The van der Waals surface area contributed by atoms with Crippen LogP contribution in [0.4, 0.5) is 0 Å². The first kappa shape index (κ1) is 14.2. The van der Waals surface area contributed by atoms with Gasteiger partial charge in [-0.15, -0.1) is 0 Å². The van der Waals surface area contributed by atoms with E-state index in [-0.39, 0.29) is 0 Å². The maximum atomic E-state index is 5.66. The molecule has 1 aromatic rings. The van der Waals surface area contributed by atoms with Crippen LogP contribution in [0, 0.1) is 11.3 Å². The van der Waals surface area contributed by atoms with Crippen molar-refractivity contribution in [3.8, 4) is 0 Å². The van der Waals surface area contributed by atoms with Gasteiger partial charge in [-0.25, -0.2) is 0 Å². The standard InChI is InChI=1S/C15H26N2/c1-12(15(2,3)4)10-14(17-16)11-13-8-6-5-7-9-13/h5-9,12,14,17H,10-11,16H2,1-4H3. The van der Waals surface area contributed by atoms with Crippen molar-refractivity contribution >= 4 is 0 Å². The Morgan fingerprint density at radius 3 is 2.24 bits per heavy atom. The quantitative estimate of drug-likeness (QED) is 0.607. The van der Waals surface area contributed by atoms with Gasteiger partial charge < -0.3 is 0 Å². The molecule has 0 saturated heterocycles. The van der Waals surface area contributed by atoms with Crippen molar-refractivity contribution in [2.24, 2.45) is 17.2 Å². The van der Waals surface area contributed by atoms with Crippen molar-refractivity contribution in [1.82, 2.24) is 5.43 Å². The predicted octanol–water partition coefficient (Wildman–Crippen LogP) is 3.13. The first-order chi connectivity index (χ1) is 7.93. The summed E-state index contributed by atoms with van der Waals surface area (Å²) in [4.78, 5) is 0. The average molecular weight is 234 g/mol. The second-order valence-electron chi connectivity index (χ2n) is 6.06. The summed E-state index contributed by atoms with van der Waals surface area (Å²) in [5.74, 6) is 6.31. The summed E-state index contributed by atoms with van der Waals surface area (Å²) in [5.41, 5.74) is 4.64. The molecule has 2 nitrogen and oxygen atoms in total. The van der Waals surface area contributed by atoms with Crippen molar-refractivity contribution in [3.63, 3.8) is 0 Å². The molecule has 0 saturated carbocycles. The number of nitrogens with two attached hydrogens (primary N) is 1. The predicted molar refractivity (Wildman–Crippen MR) is 74.5 cm³/mol. The SMILES string of the molecule is CC(CC(Cc1ccccc1)NN)C(C)(C)C. The monoisotopic (exact) mass is 234 g/mol. The molecule has 1 rings (SSSR count). The Labute approximate surface area is 106 Å². The molecule has 0 aliphatic rings. The first-order valence-electron chi connectivity index (χ1n) is 6.43. The fourth-order valence-electron chi connectivity index (χ4n) is 1.89. The van der Waals surface area contributed by atoms with Gasteiger partial charge in [0.2, 0.25) is 0 Å². The third-order valence-electron chi connectivity index (χ3n) is 3.68. The summed E-state index contributed by atoms with van der Waals surface area (Å²) < 4.78 is 0. The van der Waals surface area contributed by atoms with Gasteiger partial charge in [-0.2, -0.15) is 0 Å². The highest BCUT2D eigenvalue weighted by Crippen LogP contribution is 2.29. The minimum Gasteiger partial charge on any atom is -0.271 e. The number of hydrogen-bond donors (Lipinski definition) is 2. The van der Waals surface area contributed by atoms with E-state index in [9.17, 15) is 0 Å². The summed E-state index contributed by atoms with van der Waals surface area (Å²) in [6.07, 6.45) is 2.10. The molecule has 2 unspecified atom stereocenters. The molecule has 0 bridgehead atoms. The fraction of sp³-hybridized carbons (Fsp3) is 0.600. The molecule has 96 valence electrons. The molecule has 1 aromatic carbocycles. The normalized spacial score (nSPS) is 15.6. The van der Waals surface area contributed by atoms with Crippen molar-refractivity contribution in [1.29, 1.82) is 0 Å². The maximum Gasteiger partial charge on any atom is 0.0253 e. The molecule has 2 heteroatoms. The molecule has 17 heavy (non-hydrogen) atoms. The number of benzene rings is 1. The van der Waals surface area contributed by atoms with Gasteiger partial charge in [-0.3, -0.25) is 11.3 Å². The molecule has 0 aliphatic heterocycles. The van der Waals surface area contributed by atoms with E-state index in [1.54, 1.807) is 0 Å². The minimum absolute atomic E-state index is 0.339. The van der Waals surface area contributed by atoms with E-state index in [1.165, 1.54) is 5.56 Å². The summed E-state index contributed by atoms with van der Waals surface area (Å²) >= 11 is 0. The molecular weight excluding hydrogens is 208 g/mol. The van der Waals surface area contributed by atoms with E-state index in [0.717, 1.165) is 12.8 Å². The summed E-state index contributed by atoms with van der Waals surface area (Å²) in [5, 5.41) is 0. The van der Waals surface area contributed by atoms with Gasteiger partial charge in [0.1, 0.15) is 0 Å². The molecular formula is C15H26N2. The van der Waals surface area contributed by atoms with Gasteiger partial charge in [0.05, 0.1) is 0 Å². The maximum absolute atomic E-state index is 5.66. The molecule has 3 N–H and O–H groups in total. The molecule has 0 radical (unpaired) electrons. The van der Waals surface area contributed by atoms with Crippen LogP contribution in [0.1, 0.15) is 39.7 Å². The van der Waals surface area contributed by atoms with Crippen LogP contribution >= 0.6 is 0 Å². The second kappa shape index (κ2) is 6.18. The highest BCUT2D eigenvalue weighted by Gasteiger charge is 2.23. The zero-order valence-electron chi connectivity index (χ0n) is 11.5. The topological polar surface area (TPSA) is 38.0 Å². The van der Waals surface area contributed by atoms with Crippen LogP contribution in [-0.2, 0) is 6.42 Å². The van der Waals surface area contributed by atoms with Gasteiger partial charge in [0.15, 0.2) is 0 Å². The summed E-state index contributed by atoms with van der Waals surface area (Å²) in [6.45, 7) is 9.16. The van der Waals surface area contributed by atoms with Crippen molar-refractivity contribution in [2.75, 3.05) is 0 Å². The molecule has 2 atom stereocenters. The number of nitrogens with one attached hydrogen (secondary N) is 1. The van der Waals surface area contributed by atoms with Crippen molar-refractivity contribution in [2.45, 2.75) is 46.6 Å². The lowest BCUT2D eigenvalue weighted by molar-refractivity contribution is 0.222. The van der Waals surface area contributed by atoms with Crippen LogP contribution in [-0.4, -0.2) is 6.04 Å². The third-order valence-corrected chi connectivity index (χ3v) is 3.68. The molecule has 0 heterocycles. The molecule has 0 spiro atoms. The molecule has 0 amide bonds. The van der Waals surface area contributed by atoms with E-state index in [0.29, 0.717) is 17.4 Å². The third kappa shape index (κ3) is 4.88. The lowest BCUT2D eigenvalue weighted by atomic mass is 9.78. The summed E-state index contributed by atoms with van der Waals surface area (Å²) in [7, 11) is 0. The van der Waals surface area contributed by atoms with E-state index >= 15 is 0 Å². The average Bonchev–Trinajstić information content (AvgIpc) is 2.28. The number of rotatable bonds is 5. The largest absolute Gasteiger partial charge is 0.271 e. The Kier molecular flexibility index (Phi) is 5.16. The Morgan fingerprint density at radius 1 is 1.18 bits per heavy atom. The zero-order chi connectivity index (χ0) is 12.9. The van der Waals surface area contributed by atoms with E-state index in [4.69, 9.17) is 5.84 Å². The van der Waals surface area contributed by atoms with Gasteiger partial charge in [0.25, 0.3) is 0 Å². The van der Waals surface area contributed by atoms with Crippen molar-refractivity contribution in [3.05, 3.63) is 35.9 Å². The molecule has 0 aromatic heterocycles. The lowest BCUT2D eigenvalue weighted by Crippen LogP contribution is -2.39. The Hall–Kier alpha value is -0.860. The Balaban J connectivity index is 2.55. The van der Waals surface area contributed by atoms with Gasteiger partial charge >= 0.3 is 0 Å². The molecule has 0 fully saturated rings. The van der Waals surface area contributed by atoms with Gasteiger partial charge in [0, 0.05) is 6.04 Å². The Morgan fingerprint density at radius 2 is 1.76 bits per heavy atom. The van der Waals surface area contributed by atoms with Crippen LogP contribution in [0.2, 0.25) is 0 Å². The van der Waals surface area contributed by atoms with Gasteiger partial charge in [-0.05, 0) is 29.7 Å².